The first-order chi connectivity index (χ1) is 11.0. The van der Waals surface area contributed by atoms with Crippen molar-refractivity contribution in [2.75, 3.05) is 12.4 Å². The minimum atomic E-state index is -0.801. The number of nitrogens with zero attached hydrogens (tertiary/aromatic N) is 2. The van der Waals surface area contributed by atoms with Gasteiger partial charge in [0.1, 0.15) is 5.92 Å². The maximum atomic E-state index is 13.7. The molecule has 0 radical (unpaired) electrons. The molecule has 2 atom stereocenters. The van der Waals surface area contributed by atoms with Crippen molar-refractivity contribution in [1.29, 1.82) is 0 Å². The number of amides is 1. The Hall–Kier alpha value is -2.55. The summed E-state index contributed by atoms with van der Waals surface area (Å²) in [6.07, 6.45) is 0.251. The maximum Gasteiger partial charge on any atom is 0.236 e. The lowest BCUT2D eigenvalue weighted by Crippen LogP contribution is -2.18. The SMILES string of the molecule is COc1ccc(-c2csc(NC(=O)[C@@H]3C[C@@H]3[N+](=O)[O-])n2)cc1F. The molecule has 0 spiro atoms. The van der Waals surface area contributed by atoms with Gasteiger partial charge in [-0.2, -0.15) is 0 Å². The van der Waals surface area contributed by atoms with Crippen LogP contribution in [0.1, 0.15) is 6.42 Å². The third kappa shape index (κ3) is 3.14. The first-order valence-corrected chi connectivity index (χ1v) is 7.61. The first-order valence-electron chi connectivity index (χ1n) is 6.73. The van der Waals surface area contributed by atoms with Gasteiger partial charge in [0, 0.05) is 22.3 Å². The summed E-state index contributed by atoms with van der Waals surface area (Å²) in [4.78, 5) is 26.2. The second-order valence-corrected chi connectivity index (χ2v) is 5.93. The number of benzene rings is 1. The number of carbonyl (C=O) groups excluding carboxylic acids is 1. The summed E-state index contributed by atoms with van der Waals surface area (Å²) in [6, 6.07) is 3.65. The number of nitro groups is 1. The van der Waals surface area contributed by atoms with Crippen LogP contribution in [0.25, 0.3) is 11.3 Å². The van der Waals surface area contributed by atoms with Gasteiger partial charge in [-0.15, -0.1) is 11.3 Å². The van der Waals surface area contributed by atoms with Gasteiger partial charge < -0.3 is 10.1 Å². The van der Waals surface area contributed by atoms with Crippen LogP contribution in [0.3, 0.4) is 0 Å². The van der Waals surface area contributed by atoms with Gasteiger partial charge in [-0.3, -0.25) is 14.9 Å². The molecule has 120 valence electrons. The van der Waals surface area contributed by atoms with Crippen molar-refractivity contribution in [2.24, 2.45) is 5.92 Å². The molecular formula is C14H12FN3O4S. The summed E-state index contributed by atoms with van der Waals surface area (Å²) in [5, 5.41) is 15.1. The molecule has 1 aliphatic rings. The highest BCUT2D eigenvalue weighted by molar-refractivity contribution is 7.14. The molecule has 0 aliphatic heterocycles. The van der Waals surface area contributed by atoms with E-state index in [2.05, 4.69) is 10.3 Å². The Balaban J connectivity index is 1.70. The quantitative estimate of drug-likeness (QED) is 0.668. The number of methoxy groups -OCH3 is 1. The van der Waals surface area contributed by atoms with E-state index < -0.39 is 28.6 Å². The molecule has 1 aromatic carbocycles. The van der Waals surface area contributed by atoms with E-state index in [0.29, 0.717) is 16.4 Å². The van der Waals surface area contributed by atoms with Crippen molar-refractivity contribution < 1.29 is 18.8 Å². The molecule has 1 aromatic heterocycles. The summed E-state index contributed by atoms with van der Waals surface area (Å²) in [5.41, 5.74) is 1.06. The van der Waals surface area contributed by atoms with Crippen LogP contribution < -0.4 is 10.1 Å². The van der Waals surface area contributed by atoms with Gasteiger partial charge in [-0.1, -0.05) is 0 Å². The van der Waals surface area contributed by atoms with Crippen molar-refractivity contribution in [3.05, 3.63) is 39.5 Å². The smallest absolute Gasteiger partial charge is 0.236 e. The molecule has 1 N–H and O–H groups in total. The van der Waals surface area contributed by atoms with E-state index in [1.165, 1.54) is 30.6 Å². The Morgan fingerprint density at radius 2 is 2.35 bits per heavy atom. The van der Waals surface area contributed by atoms with Crippen molar-refractivity contribution in [2.45, 2.75) is 12.5 Å². The van der Waals surface area contributed by atoms with Crippen molar-refractivity contribution in [3.8, 4) is 17.0 Å². The summed E-state index contributed by atoms with van der Waals surface area (Å²) < 4.78 is 18.6. The molecule has 1 amide bonds. The number of halogens is 1. The lowest BCUT2D eigenvalue weighted by atomic mass is 10.1. The molecular weight excluding hydrogens is 325 g/mol. The Morgan fingerprint density at radius 3 is 2.96 bits per heavy atom. The van der Waals surface area contributed by atoms with Crippen LogP contribution in [-0.4, -0.2) is 29.0 Å². The summed E-state index contributed by atoms with van der Waals surface area (Å²) in [7, 11) is 1.38. The minimum absolute atomic E-state index is 0.136. The second kappa shape index (κ2) is 5.92. The van der Waals surface area contributed by atoms with E-state index in [-0.39, 0.29) is 12.2 Å². The third-order valence-corrected chi connectivity index (χ3v) is 4.30. The molecule has 1 heterocycles. The number of nitrogens with one attached hydrogen (secondary N) is 1. The summed E-state index contributed by atoms with van der Waals surface area (Å²) in [5.74, 6) is -1.38. The number of thiazole rings is 1. The van der Waals surface area contributed by atoms with Crippen molar-refractivity contribution in [3.63, 3.8) is 0 Å². The van der Waals surface area contributed by atoms with E-state index in [4.69, 9.17) is 4.74 Å². The molecule has 9 heteroatoms. The zero-order chi connectivity index (χ0) is 16.6. The van der Waals surface area contributed by atoms with Gasteiger partial charge in [-0.05, 0) is 18.2 Å². The van der Waals surface area contributed by atoms with E-state index in [0.717, 1.165) is 0 Å². The number of carbonyl (C=O) groups is 1. The van der Waals surface area contributed by atoms with Gasteiger partial charge in [0.25, 0.3) is 0 Å². The van der Waals surface area contributed by atoms with Crippen LogP contribution >= 0.6 is 11.3 Å². The largest absolute Gasteiger partial charge is 0.494 e. The Bertz CT molecular complexity index is 779. The standard InChI is InChI=1S/C14H12FN3O4S/c1-22-12-3-2-7(4-9(12)15)10-6-23-14(16-10)17-13(19)8-5-11(8)18(20)21/h2-4,6,8,11H,5H2,1H3,(H,16,17,19)/t8-,11+/m1/s1. The van der Waals surface area contributed by atoms with Crippen molar-refractivity contribution >= 4 is 22.4 Å². The van der Waals surface area contributed by atoms with Gasteiger partial charge in [0.05, 0.1) is 12.8 Å². The highest BCUT2D eigenvalue weighted by atomic mass is 32.1. The van der Waals surface area contributed by atoms with Crippen molar-refractivity contribution in [1.82, 2.24) is 4.98 Å². The number of hydrogen-bond acceptors (Lipinski definition) is 6. The minimum Gasteiger partial charge on any atom is -0.494 e. The van der Waals surface area contributed by atoms with Crippen LogP contribution in [0.15, 0.2) is 23.6 Å². The molecule has 1 saturated carbocycles. The highest BCUT2D eigenvalue weighted by Crippen LogP contribution is 2.35. The molecule has 0 bridgehead atoms. The average molecular weight is 337 g/mol. The predicted molar refractivity (Wildman–Crippen MR) is 81.6 cm³/mol. The molecule has 0 saturated heterocycles. The second-order valence-electron chi connectivity index (χ2n) is 5.07. The normalized spacial score (nSPS) is 19.2. The zero-order valence-electron chi connectivity index (χ0n) is 12.0. The van der Waals surface area contributed by atoms with E-state index >= 15 is 0 Å². The fourth-order valence-electron chi connectivity index (χ4n) is 2.18. The monoisotopic (exact) mass is 337 g/mol. The Labute approximate surface area is 134 Å². The Morgan fingerprint density at radius 1 is 1.57 bits per heavy atom. The van der Waals surface area contributed by atoms with Crippen LogP contribution in [-0.2, 0) is 4.79 Å². The molecule has 1 fully saturated rings. The predicted octanol–water partition coefficient (Wildman–Crippen LogP) is 2.56. The lowest BCUT2D eigenvalue weighted by molar-refractivity contribution is -0.497. The molecule has 23 heavy (non-hydrogen) atoms. The molecule has 2 aromatic rings. The van der Waals surface area contributed by atoms with E-state index in [1.54, 1.807) is 11.4 Å². The average Bonchev–Trinajstić information content (AvgIpc) is 3.21. The fourth-order valence-corrected chi connectivity index (χ4v) is 2.91. The Kier molecular flexibility index (Phi) is 3.95. The van der Waals surface area contributed by atoms with Gasteiger partial charge in [-0.25, -0.2) is 9.37 Å². The number of anilines is 1. The zero-order valence-corrected chi connectivity index (χ0v) is 12.8. The lowest BCUT2D eigenvalue weighted by Gasteiger charge is -2.03. The number of rotatable bonds is 5. The molecule has 7 nitrogen and oxygen atoms in total. The van der Waals surface area contributed by atoms with Gasteiger partial charge in [0.15, 0.2) is 16.7 Å². The van der Waals surface area contributed by atoms with Crippen LogP contribution in [0, 0.1) is 21.8 Å². The fraction of sp³-hybridized carbons (Fsp3) is 0.286. The number of aromatic nitrogens is 1. The number of hydrogen-bond donors (Lipinski definition) is 1. The summed E-state index contributed by atoms with van der Waals surface area (Å²) in [6.45, 7) is 0. The van der Waals surface area contributed by atoms with Gasteiger partial charge >= 0.3 is 0 Å². The molecule has 0 unspecified atom stereocenters. The highest BCUT2D eigenvalue weighted by Gasteiger charge is 2.53. The topological polar surface area (TPSA) is 94.4 Å². The number of ether oxygens (including phenoxy) is 1. The third-order valence-electron chi connectivity index (χ3n) is 3.55. The molecule has 3 rings (SSSR count). The maximum absolute atomic E-state index is 13.7. The first kappa shape index (κ1) is 15.3. The van der Waals surface area contributed by atoms with Gasteiger partial charge in [0.2, 0.25) is 11.9 Å². The molecule has 1 aliphatic carbocycles. The van der Waals surface area contributed by atoms with Crippen LogP contribution in [0.5, 0.6) is 5.75 Å². The van der Waals surface area contributed by atoms with Crippen LogP contribution in [0.2, 0.25) is 0 Å². The van der Waals surface area contributed by atoms with E-state index in [9.17, 15) is 19.3 Å². The summed E-state index contributed by atoms with van der Waals surface area (Å²) >= 11 is 1.18. The van der Waals surface area contributed by atoms with E-state index in [1.807, 2.05) is 0 Å². The van der Waals surface area contributed by atoms with Crippen LogP contribution in [0.4, 0.5) is 9.52 Å².